The molecule has 0 aliphatic heterocycles. The Labute approximate surface area is 247 Å². The van der Waals surface area contributed by atoms with Gasteiger partial charge < -0.3 is 14.8 Å². The Morgan fingerprint density at radius 3 is 2.61 bits per heavy atom. The molecule has 0 aliphatic carbocycles. The third kappa shape index (κ3) is 7.49. The van der Waals surface area contributed by atoms with Crippen LogP contribution in [0.1, 0.15) is 42.8 Å². The summed E-state index contributed by atoms with van der Waals surface area (Å²) in [5, 5.41) is 7.87. The Kier molecular flexibility index (Phi) is 10.1. The number of hydrogen-bond acceptors (Lipinski definition) is 6. The van der Waals surface area contributed by atoms with Crippen LogP contribution in [-0.4, -0.2) is 35.0 Å². The fraction of sp³-hybridized carbons (Fsp3) is 0.250. The molecule has 1 N–H and O–H groups in total. The van der Waals surface area contributed by atoms with Gasteiger partial charge in [0.25, 0.3) is 11.5 Å². The van der Waals surface area contributed by atoms with Gasteiger partial charge in [0.15, 0.2) is 18.1 Å². The van der Waals surface area contributed by atoms with Gasteiger partial charge in [0.1, 0.15) is 5.82 Å². The van der Waals surface area contributed by atoms with Crippen LogP contribution in [0.3, 0.4) is 0 Å². The summed E-state index contributed by atoms with van der Waals surface area (Å²) in [6.45, 7) is 9.95. The number of ether oxygens (including phenoxy) is 2. The zero-order valence-electron chi connectivity index (χ0n) is 23.4. The quantitative estimate of drug-likeness (QED) is 0.146. The van der Waals surface area contributed by atoms with Gasteiger partial charge in [-0.05, 0) is 74.7 Å². The first-order chi connectivity index (χ1) is 19.8. The second-order valence-corrected chi connectivity index (χ2v) is 10.4. The molecule has 3 aromatic carbocycles. The summed E-state index contributed by atoms with van der Waals surface area (Å²) >= 11 is 3.44. The van der Waals surface area contributed by atoms with Gasteiger partial charge >= 0.3 is 0 Å². The maximum atomic E-state index is 13.4. The fourth-order valence-electron chi connectivity index (χ4n) is 4.29. The van der Waals surface area contributed by atoms with E-state index in [1.54, 1.807) is 24.4 Å². The highest BCUT2D eigenvalue weighted by Crippen LogP contribution is 2.34. The lowest BCUT2D eigenvalue weighted by molar-refractivity contribution is -0.118. The van der Waals surface area contributed by atoms with Crippen molar-refractivity contribution in [2.24, 2.45) is 5.10 Å². The first-order valence-electron chi connectivity index (χ1n) is 13.5. The number of carbonyl (C=O) groups excluding carboxylic acids is 1. The van der Waals surface area contributed by atoms with E-state index in [1.807, 2.05) is 63.2 Å². The molecule has 1 amide bonds. The lowest BCUT2D eigenvalue weighted by Gasteiger charge is -2.17. The molecule has 9 heteroatoms. The van der Waals surface area contributed by atoms with Crippen molar-refractivity contribution in [3.63, 3.8) is 0 Å². The number of carbonyl (C=O) groups is 1. The van der Waals surface area contributed by atoms with Gasteiger partial charge in [-0.25, -0.2) is 4.98 Å². The Bertz CT molecular complexity index is 1640. The number of aromatic nitrogens is 2. The van der Waals surface area contributed by atoms with E-state index in [4.69, 9.17) is 14.5 Å². The number of anilines is 1. The Balaban J connectivity index is 1.66. The normalized spacial score (nSPS) is 11.1. The number of allylic oxidation sites excluding steroid dienone is 1. The summed E-state index contributed by atoms with van der Waals surface area (Å²) in [6.07, 6.45) is 5.24. The number of aryl methyl sites for hydroxylation is 2. The number of rotatable bonds is 12. The van der Waals surface area contributed by atoms with Crippen LogP contribution in [0.5, 0.6) is 11.5 Å². The number of halogens is 1. The predicted molar refractivity (Wildman–Crippen MR) is 168 cm³/mol. The molecule has 0 atom stereocenters. The molecular formula is C32H33BrN4O4. The van der Waals surface area contributed by atoms with E-state index in [0.717, 1.165) is 22.0 Å². The van der Waals surface area contributed by atoms with Gasteiger partial charge in [-0.15, -0.1) is 6.58 Å². The SMILES string of the molecule is C=CCc1cc(C=Nn2c(CCC)nc3ccc(Br)cc3c2=O)cc(OCC)c1OCC(=O)Nc1ccc(C)cc1. The van der Waals surface area contributed by atoms with Crippen molar-refractivity contribution in [2.45, 2.75) is 40.0 Å². The molecule has 1 heterocycles. The van der Waals surface area contributed by atoms with Crippen molar-refractivity contribution in [2.75, 3.05) is 18.5 Å². The Morgan fingerprint density at radius 2 is 1.90 bits per heavy atom. The van der Waals surface area contributed by atoms with Crippen LogP contribution in [0.2, 0.25) is 0 Å². The van der Waals surface area contributed by atoms with Crippen molar-refractivity contribution in [3.8, 4) is 11.5 Å². The number of fused-ring (bicyclic) bond motifs is 1. The minimum absolute atomic E-state index is 0.195. The molecule has 0 saturated carbocycles. The summed E-state index contributed by atoms with van der Waals surface area (Å²) in [5.74, 6) is 1.23. The average Bonchev–Trinajstić information content (AvgIpc) is 2.94. The predicted octanol–water partition coefficient (Wildman–Crippen LogP) is 6.45. The molecule has 0 fully saturated rings. The van der Waals surface area contributed by atoms with Crippen LogP contribution in [0.25, 0.3) is 10.9 Å². The minimum Gasteiger partial charge on any atom is -0.490 e. The zero-order chi connectivity index (χ0) is 29.4. The highest BCUT2D eigenvalue weighted by atomic mass is 79.9. The second kappa shape index (κ2) is 13.9. The molecule has 4 rings (SSSR count). The van der Waals surface area contributed by atoms with Crippen LogP contribution in [-0.2, 0) is 17.6 Å². The fourth-order valence-corrected chi connectivity index (χ4v) is 4.65. The van der Waals surface area contributed by atoms with Crippen molar-refractivity contribution in [3.05, 3.63) is 105 Å². The molecule has 0 radical (unpaired) electrons. The van der Waals surface area contributed by atoms with Crippen molar-refractivity contribution in [1.29, 1.82) is 0 Å². The molecule has 0 bridgehead atoms. The lowest BCUT2D eigenvalue weighted by Crippen LogP contribution is -2.22. The number of hydrogen-bond donors (Lipinski definition) is 1. The monoisotopic (exact) mass is 616 g/mol. The molecule has 4 aromatic rings. The number of amides is 1. The van der Waals surface area contributed by atoms with E-state index in [1.165, 1.54) is 4.68 Å². The molecule has 41 heavy (non-hydrogen) atoms. The molecule has 0 unspecified atom stereocenters. The number of nitrogens with one attached hydrogen (secondary N) is 1. The highest BCUT2D eigenvalue weighted by Gasteiger charge is 2.16. The Hall–Kier alpha value is -4.24. The molecule has 1 aromatic heterocycles. The van der Waals surface area contributed by atoms with Crippen LogP contribution in [0.15, 0.2) is 81.6 Å². The third-order valence-electron chi connectivity index (χ3n) is 6.17. The smallest absolute Gasteiger partial charge is 0.282 e. The molecule has 0 saturated heterocycles. The molecule has 8 nitrogen and oxygen atoms in total. The van der Waals surface area contributed by atoms with E-state index in [0.29, 0.717) is 58.9 Å². The first kappa shape index (κ1) is 29.7. The number of nitrogens with zero attached hydrogens (tertiary/aromatic N) is 3. The largest absolute Gasteiger partial charge is 0.490 e. The van der Waals surface area contributed by atoms with E-state index < -0.39 is 0 Å². The van der Waals surface area contributed by atoms with Crippen molar-refractivity contribution >= 4 is 44.6 Å². The van der Waals surface area contributed by atoms with Gasteiger partial charge in [-0.3, -0.25) is 9.59 Å². The van der Waals surface area contributed by atoms with Gasteiger partial charge in [-0.1, -0.05) is 46.6 Å². The van der Waals surface area contributed by atoms with Crippen molar-refractivity contribution < 1.29 is 14.3 Å². The standard InChI is InChI=1S/C32H33BrN4O4/c1-5-8-23-16-22(19-34-37-29(9-6-2)36-27-15-12-24(33)18-26(27)32(37)39)17-28(40-7-3)31(23)41-20-30(38)35-25-13-10-21(4)11-14-25/h5,10-19H,1,6-9,20H2,2-4H3,(H,35,38). The topological polar surface area (TPSA) is 94.8 Å². The second-order valence-electron chi connectivity index (χ2n) is 9.44. The van der Waals surface area contributed by atoms with Crippen LogP contribution < -0.4 is 20.3 Å². The van der Waals surface area contributed by atoms with Gasteiger partial charge in [0.2, 0.25) is 0 Å². The first-order valence-corrected chi connectivity index (χ1v) is 14.3. The Morgan fingerprint density at radius 1 is 1.12 bits per heavy atom. The van der Waals surface area contributed by atoms with E-state index >= 15 is 0 Å². The van der Waals surface area contributed by atoms with E-state index in [2.05, 4.69) is 32.9 Å². The van der Waals surface area contributed by atoms with Gasteiger partial charge in [-0.2, -0.15) is 9.78 Å². The summed E-state index contributed by atoms with van der Waals surface area (Å²) in [5.41, 5.74) is 3.66. The molecule has 0 aliphatic rings. The maximum absolute atomic E-state index is 13.4. The van der Waals surface area contributed by atoms with Crippen molar-refractivity contribution in [1.82, 2.24) is 9.66 Å². The minimum atomic E-state index is -0.287. The maximum Gasteiger partial charge on any atom is 0.282 e. The number of benzene rings is 3. The summed E-state index contributed by atoms with van der Waals surface area (Å²) in [4.78, 5) is 30.7. The highest BCUT2D eigenvalue weighted by molar-refractivity contribution is 9.10. The summed E-state index contributed by atoms with van der Waals surface area (Å²) in [7, 11) is 0. The summed E-state index contributed by atoms with van der Waals surface area (Å²) < 4.78 is 14.0. The summed E-state index contributed by atoms with van der Waals surface area (Å²) in [6, 6.07) is 16.7. The van der Waals surface area contributed by atoms with E-state index in [-0.39, 0.29) is 18.1 Å². The molecule has 212 valence electrons. The van der Waals surface area contributed by atoms with E-state index in [9.17, 15) is 9.59 Å². The lowest BCUT2D eigenvalue weighted by atomic mass is 10.1. The van der Waals surface area contributed by atoms with Crippen LogP contribution >= 0.6 is 15.9 Å². The molecule has 0 spiro atoms. The van der Waals surface area contributed by atoms with Gasteiger partial charge in [0, 0.05) is 22.1 Å². The van der Waals surface area contributed by atoms with Crippen LogP contribution in [0.4, 0.5) is 5.69 Å². The van der Waals surface area contributed by atoms with Crippen LogP contribution in [0, 0.1) is 6.92 Å². The van der Waals surface area contributed by atoms with Gasteiger partial charge in [0.05, 0.1) is 23.7 Å². The zero-order valence-corrected chi connectivity index (χ0v) is 25.0. The molecular weight excluding hydrogens is 584 g/mol. The third-order valence-corrected chi connectivity index (χ3v) is 6.67. The average molecular weight is 618 g/mol.